The van der Waals surface area contributed by atoms with Gasteiger partial charge < -0.3 is 20.7 Å². The number of thiocarbonyl (C=S) groups is 1. The highest BCUT2D eigenvalue weighted by molar-refractivity contribution is 7.80. The molecule has 0 spiro atoms. The number of amides is 1. The smallest absolute Gasteiger partial charge is 0.271 e. The average Bonchev–Trinajstić information content (AvgIpc) is 2.72. The number of hydrogen-bond donors (Lipinski definition) is 3. The van der Waals surface area contributed by atoms with E-state index in [1.807, 2.05) is 19.1 Å². The van der Waals surface area contributed by atoms with Crippen molar-refractivity contribution in [3.05, 3.63) is 63.2 Å². The maximum Gasteiger partial charge on any atom is 0.271 e. The summed E-state index contributed by atoms with van der Waals surface area (Å²) in [5.41, 5.74) is 1.23. The van der Waals surface area contributed by atoms with Gasteiger partial charge in [-0.15, -0.1) is 0 Å². The van der Waals surface area contributed by atoms with Crippen LogP contribution in [0.2, 0.25) is 5.02 Å². The number of nitro groups is 1. The molecule has 0 bridgehead atoms. The second-order valence-electron chi connectivity index (χ2n) is 6.35. The number of non-ortho nitro benzene ring substituents is 1. The van der Waals surface area contributed by atoms with Gasteiger partial charge in [0, 0.05) is 12.1 Å². The molecule has 172 valence electrons. The number of carbonyl (C=O) groups is 1. The number of benzene rings is 2. The predicted octanol–water partition coefficient (Wildman–Crippen LogP) is 4.99. The van der Waals surface area contributed by atoms with Crippen molar-refractivity contribution in [1.82, 2.24) is 10.6 Å². The fourth-order valence-electron chi connectivity index (χ4n) is 2.38. The van der Waals surface area contributed by atoms with Crippen LogP contribution in [0.1, 0.15) is 12.5 Å². The van der Waals surface area contributed by atoms with Crippen molar-refractivity contribution in [2.24, 2.45) is 0 Å². The Bertz CT molecular complexity index is 986. The molecule has 32 heavy (non-hydrogen) atoms. The monoisotopic (exact) mass is 538 g/mol. The van der Waals surface area contributed by atoms with Crippen LogP contribution in [0, 0.1) is 10.1 Å². The summed E-state index contributed by atoms with van der Waals surface area (Å²) >= 11 is 29.1. The Labute approximate surface area is 209 Å². The van der Waals surface area contributed by atoms with Crippen molar-refractivity contribution < 1.29 is 14.5 Å². The zero-order chi connectivity index (χ0) is 23.9. The first-order valence-corrected chi connectivity index (χ1v) is 11.0. The van der Waals surface area contributed by atoms with Gasteiger partial charge in [-0.25, -0.2) is 0 Å². The summed E-state index contributed by atoms with van der Waals surface area (Å²) in [5.74, 6) is -0.0506. The SMILES string of the molecule is CCc1ccc(OCC(=O)N[C@@H](NC(=S)Nc2ccc([N+](=O)[O-])cc2Cl)C(Cl)(Cl)Cl)cc1. The number of ether oxygens (including phenoxy) is 1. The molecular weight excluding hydrogens is 522 g/mol. The van der Waals surface area contributed by atoms with Crippen LogP contribution in [-0.2, 0) is 11.2 Å². The van der Waals surface area contributed by atoms with Crippen LogP contribution in [0.4, 0.5) is 11.4 Å². The minimum atomic E-state index is -1.97. The Morgan fingerprint density at radius 1 is 1.19 bits per heavy atom. The summed E-state index contributed by atoms with van der Waals surface area (Å²) in [6.07, 6.45) is -0.334. The van der Waals surface area contributed by atoms with Gasteiger partial charge in [0.15, 0.2) is 11.7 Å². The van der Waals surface area contributed by atoms with E-state index in [2.05, 4.69) is 16.0 Å². The van der Waals surface area contributed by atoms with Gasteiger partial charge in [0.2, 0.25) is 3.79 Å². The second-order valence-corrected chi connectivity index (χ2v) is 9.53. The molecule has 1 atom stereocenters. The van der Waals surface area contributed by atoms with Crippen LogP contribution in [0.25, 0.3) is 0 Å². The lowest BCUT2D eigenvalue weighted by Crippen LogP contribution is -2.57. The zero-order valence-electron chi connectivity index (χ0n) is 16.5. The molecule has 0 saturated heterocycles. The fourth-order valence-corrected chi connectivity index (χ4v) is 3.16. The lowest BCUT2D eigenvalue weighted by Gasteiger charge is -2.27. The van der Waals surface area contributed by atoms with Crippen molar-refractivity contribution in [2.45, 2.75) is 23.3 Å². The molecule has 0 heterocycles. The molecule has 0 aromatic heterocycles. The minimum Gasteiger partial charge on any atom is -0.484 e. The molecule has 0 saturated carbocycles. The number of nitro benzene ring substituents is 1. The summed E-state index contributed by atoms with van der Waals surface area (Å²) in [7, 11) is 0. The highest BCUT2D eigenvalue weighted by Gasteiger charge is 2.34. The van der Waals surface area contributed by atoms with E-state index in [9.17, 15) is 14.9 Å². The number of alkyl halides is 3. The van der Waals surface area contributed by atoms with E-state index in [4.69, 9.17) is 63.4 Å². The van der Waals surface area contributed by atoms with Gasteiger partial charge in [-0.3, -0.25) is 14.9 Å². The van der Waals surface area contributed by atoms with Crippen LogP contribution < -0.4 is 20.7 Å². The van der Waals surface area contributed by atoms with Gasteiger partial charge in [0.1, 0.15) is 11.9 Å². The average molecular weight is 540 g/mol. The highest BCUT2D eigenvalue weighted by atomic mass is 35.6. The standard InChI is InChI=1S/C19H18Cl4N4O4S/c1-2-11-3-6-13(7-4-11)31-10-16(28)25-17(19(21,22)23)26-18(32)24-15-8-5-12(27(29)30)9-14(15)20/h3-9,17H,2,10H2,1H3,(H,25,28)(H2,24,26,32)/t17-/m0/s1. The molecule has 1 amide bonds. The number of halogens is 4. The number of carbonyl (C=O) groups excluding carboxylic acids is 1. The normalized spacial score (nSPS) is 11.9. The summed E-state index contributed by atoms with van der Waals surface area (Å²) in [5, 5.41) is 18.7. The molecule has 0 aliphatic heterocycles. The maximum atomic E-state index is 12.3. The lowest BCUT2D eigenvalue weighted by molar-refractivity contribution is -0.384. The van der Waals surface area contributed by atoms with Crippen LogP contribution in [0.3, 0.4) is 0 Å². The van der Waals surface area contributed by atoms with Gasteiger partial charge in [0.25, 0.3) is 11.6 Å². The first kappa shape index (κ1) is 26.2. The van der Waals surface area contributed by atoms with Crippen LogP contribution in [-0.4, -0.2) is 32.5 Å². The van der Waals surface area contributed by atoms with Gasteiger partial charge in [-0.2, -0.15) is 0 Å². The van der Waals surface area contributed by atoms with Crippen LogP contribution >= 0.6 is 58.6 Å². The molecule has 13 heteroatoms. The van der Waals surface area contributed by atoms with E-state index in [0.717, 1.165) is 18.1 Å². The molecule has 0 aliphatic carbocycles. The summed E-state index contributed by atoms with van der Waals surface area (Å²) in [4.78, 5) is 22.5. The first-order valence-electron chi connectivity index (χ1n) is 9.09. The Morgan fingerprint density at radius 2 is 1.84 bits per heavy atom. The lowest BCUT2D eigenvalue weighted by atomic mass is 10.2. The molecule has 0 radical (unpaired) electrons. The summed E-state index contributed by atoms with van der Waals surface area (Å²) < 4.78 is 3.47. The third-order valence-corrected chi connectivity index (χ3v) is 5.21. The molecule has 2 rings (SSSR count). The number of nitrogens with zero attached hydrogens (tertiary/aromatic N) is 1. The third kappa shape index (κ3) is 8.14. The molecule has 3 N–H and O–H groups in total. The van der Waals surface area contributed by atoms with E-state index in [-0.39, 0.29) is 28.1 Å². The van der Waals surface area contributed by atoms with Gasteiger partial charge in [-0.05, 0) is 42.4 Å². The molecule has 2 aromatic rings. The van der Waals surface area contributed by atoms with E-state index >= 15 is 0 Å². The van der Waals surface area contributed by atoms with Crippen LogP contribution in [0.15, 0.2) is 42.5 Å². The Morgan fingerprint density at radius 3 is 2.38 bits per heavy atom. The molecule has 0 aliphatic rings. The van der Waals surface area contributed by atoms with E-state index in [1.54, 1.807) is 12.1 Å². The quantitative estimate of drug-likeness (QED) is 0.143. The Kier molecular flexibility index (Phi) is 9.60. The first-order chi connectivity index (χ1) is 15.0. The maximum absolute atomic E-state index is 12.3. The number of nitrogens with one attached hydrogen (secondary N) is 3. The number of hydrogen-bond acceptors (Lipinski definition) is 5. The molecular formula is C19H18Cl4N4O4S. The Hall–Kier alpha value is -2.04. The van der Waals surface area contributed by atoms with E-state index in [0.29, 0.717) is 5.75 Å². The predicted molar refractivity (Wildman–Crippen MR) is 131 cm³/mol. The van der Waals surface area contributed by atoms with E-state index < -0.39 is 20.8 Å². The number of rotatable bonds is 8. The molecule has 8 nitrogen and oxygen atoms in total. The Balaban J connectivity index is 1.96. The van der Waals surface area contributed by atoms with Crippen molar-refractivity contribution >= 4 is 81.0 Å². The fraction of sp³-hybridized carbons (Fsp3) is 0.263. The van der Waals surface area contributed by atoms with Crippen LogP contribution in [0.5, 0.6) is 5.75 Å². The number of aryl methyl sites for hydroxylation is 1. The van der Waals surface area contributed by atoms with Gasteiger partial charge >= 0.3 is 0 Å². The van der Waals surface area contributed by atoms with Crippen molar-refractivity contribution in [3.63, 3.8) is 0 Å². The molecule has 0 fully saturated rings. The van der Waals surface area contributed by atoms with Crippen molar-refractivity contribution in [1.29, 1.82) is 0 Å². The third-order valence-electron chi connectivity index (χ3n) is 4.02. The van der Waals surface area contributed by atoms with Crippen molar-refractivity contribution in [2.75, 3.05) is 11.9 Å². The molecule has 0 unspecified atom stereocenters. The second kappa shape index (κ2) is 11.7. The zero-order valence-corrected chi connectivity index (χ0v) is 20.4. The summed E-state index contributed by atoms with van der Waals surface area (Å²) in [6.45, 7) is 1.71. The summed E-state index contributed by atoms with van der Waals surface area (Å²) in [6, 6.07) is 11.1. The topological polar surface area (TPSA) is 106 Å². The van der Waals surface area contributed by atoms with Gasteiger partial charge in [0.05, 0.1) is 15.6 Å². The molecule has 2 aromatic carbocycles. The van der Waals surface area contributed by atoms with E-state index in [1.165, 1.54) is 12.1 Å². The van der Waals surface area contributed by atoms with Gasteiger partial charge in [-0.1, -0.05) is 65.5 Å². The minimum absolute atomic E-state index is 0.0477. The highest BCUT2D eigenvalue weighted by Crippen LogP contribution is 2.30. The number of anilines is 1. The largest absolute Gasteiger partial charge is 0.484 e. The van der Waals surface area contributed by atoms with Crippen molar-refractivity contribution in [3.8, 4) is 5.75 Å².